The van der Waals surface area contributed by atoms with E-state index < -0.39 is 41.0 Å². The molecule has 0 atom stereocenters. The van der Waals surface area contributed by atoms with E-state index in [0.717, 1.165) is 4.90 Å². The van der Waals surface area contributed by atoms with E-state index in [9.17, 15) is 41.0 Å². The highest BCUT2D eigenvalue weighted by atomic mass is 19.4. The van der Waals surface area contributed by atoms with Crippen LogP contribution in [-0.2, 0) is 21.9 Å². The Balaban J connectivity index is 2.29. The third kappa shape index (κ3) is 4.93. The van der Waals surface area contributed by atoms with Crippen LogP contribution in [0.25, 0.3) is 0 Å². The lowest BCUT2D eigenvalue weighted by Crippen LogP contribution is -2.37. The van der Waals surface area contributed by atoms with Crippen molar-refractivity contribution in [1.29, 1.82) is 0 Å². The van der Waals surface area contributed by atoms with Crippen LogP contribution in [0.2, 0.25) is 0 Å². The van der Waals surface area contributed by atoms with E-state index in [0.29, 0.717) is 12.1 Å². The molecule has 0 saturated heterocycles. The molecule has 0 aliphatic heterocycles. The molecular formula is C17H12F6N2O3. The summed E-state index contributed by atoms with van der Waals surface area (Å²) >= 11 is 0. The molecule has 0 bridgehead atoms. The highest BCUT2D eigenvalue weighted by molar-refractivity contribution is 6.44. The number of carbonyl (C=O) groups is 2. The van der Waals surface area contributed by atoms with E-state index >= 15 is 0 Å². The number of carbonyl (C=O) groups excluding carboxylic acids is 2. The minimum atomic E-state index is -5.09. The molecule has 28 heavy (non-hydrogen) atoms. The molecule has 5 nitrogen and oxygen atoms in total. The number of halogens is 6. The maximum absolute atomic E-state index is 12.8. The fourth-order valence-corrected chi connectivity index (χ4v) is 2.16. The van der Waals surface area contributed by atoms with Gasteiger partial charge in [-0.25, -0.2) is 0 Å². The van der Waals surface area contributed by atoms with Crippen LogP contribution in [0, 0.1) is 0 Å². The van der Waals surface area contributed by atoms with Crippen molar-refractivity contribution in [1.82, 2.24) is 0 Å². The first kappa shape index (κ1) is 21.1. The van der Waals surface area contributed by atoms with Crippen LogP contribution < -0.4 is 10.2 Å². The van der Waals surface area contributed by atoms with Crippen LogP contribution >= 0.6 is 0 Å². The zero-order valence-electron chi connectivity index (χ0n) is 14.0. The number of phenols is 1. The first-order valence-corrected chi connectivity index (χ1v) is 7.46. The van der Waals surface area contributed by atoms with Gasteiger partial charge in [-0.1, -0.05) is 0 Å². The second-order valence-electron chi connectivity index (χ2n) is 5.63. The molecule has 0 aliphatic carbocycles. The Morgan fingerprint density at radius 1 is 0.893 bits per heavy atom. The quantitative estimate of drug-likeness (QED) is 0.585. The normalized spacial score (nSPS) is 11.8. The maximum atomic E-state index is 12.8. The van der Waals surface area contributed by atoms with Gasteiger partial charge >= 0.3 is 24.2 Å². The van der Waals surface area contributed by atoms with Crippen LogP contribution in [0.1, 0.15) is 11.1 Å². The van der Waals surface area contributed by atoms with Crippen molar-refractivity contribution in [3.05, 3.63) is 53.6 Å². The monoisotopic (exact) mass is 406 g/mol. The molecule has 0 unspecified atom stereocenters. The fraction of sp³-hybridized carbons (Fsp3) is 0.176. The van der Waals surface area contributed by atoms with E-state index in [1.165, 1.54) is 31.3 Å². The smallest absolute Gasteiger partial charge is 0.416 e. The molecule has 0 saturated carbocycles. The van der Waals surface area contributed by atoms with Crippen LogP contribution in [0.4, 0.5) is 37.7 Å². The van der Waals surface area contributed by atoms with Crippen molar-refractivity contribution in [2.45, 2.75) is 12.4 Å². The fourth-order valence-electron chi connectivity index (χ4n) is 2.16. The number of nitrogens with one attached hydrogen (secondary N) is 1. The lowest BCUT2D eigenvalue weighted by atomic mass is 10.1. The van der Waals surface area contributed by atoms with Gasteiger partial charge in [0.2, 0.25) is 0 Å². The highest BCUT2D eigenvalue weighted by Crippen LogP contribution is 2.37. The van der Waals surface area contributed by atoms with Gasteiger partial charge in [0.25, 0.3) is 0 Å². The first-order valence-electron chi connectivity index (χ1n) is 7.46. The number of amides is 2. The van der Waals surface area contributed by atoms with Crippen molar-refractivity contribution in [2.24, 2.45) is 0 Å². The van der Waals surface area contributed by atoms with Gasteiger partial charge in [0.05, 0.1) is 11.1 Å². The number of hydrogen-bond donors (Lipinski definition) is 2. The number of anilines is 2. The molecule has 0 aromatic heterocycles. The van der Waals surface area contributed by atoms with Crippen LogP contribution in [0.3, 0.4) is 0 Å². The maximum Gasteiger partial charge on any atom is 0.416 e. The van der Waals surface area contributed by atoms with E-state index in [4.69, 9.17) is 0 Å². The van der Waals surface area contributed by atoms with Gasteiger partial charge in [-0.05, 0) is 42.5 Å². The predicted octanol–water partition coefficient (Wildman–Crippen LogP) is 4.03. The van der Waals surface area contributed by atoms with Gasteiger partial charge in [0.1, 0.15) is 5.75 Å². The summed E-state index contributed by atoms with van der Waals surface area (Å²) in [4.78, 5) is 24.9. The van der Waals surface area contributed by atoms with Crippen molar-refractivity contribution in [3.63, 3.8) is 0 Å². The zero-order chi connectivity index (χ0) is 21.3. The summed E-state index contributed by atoms with van der Waals surface area (Å²) in [5, 5.41) is 10.9. The number of phenolic OH excluding ortho intramolecular Hbond substituents is 1. The van der Waals surface area contributed by atoms with Crippen molar-refractivity contribution < 1.29 is 41.0 Å². The van der Waals surface area contributed by atoms with Crippen molar-refractivity contribution >= 4 is 23.2 Å². The number of aromatic hydroxyl groups is 1. The summed E-state index contributed by atoms with van der Waals surface area (Å²) in [5.74, 6) is -2.79. The number of hydrogen-bond acceptors (Lipinski definition) is 3. The summed E-state index contributed by atoms with van der Waals surface area (Å²) in [6, 6.07) is 5.50. The van der Waals surface area contributed by atoms with Crippen LogP contribution in [0.5, 0.6) is 5.75 Å². The van der Waals surface area contributed by atoms with E-state index in [2.05, 4.69) is 0 Å². The molecule has 2 aromatic carbocycles. The third-order valence-corrected chi connectivity index (χ3v) is 3.58. The lowest BCUT2D eigenvalue weighted by Gasteiger charge is -2.18. The van der Waals surface area contributed by atoms with Gasteiger partial charge < -0.3 is 15.3 Å². The third-order valence-electron chi connectivity index (χ3n) is 3.58. The second kappa shape index (κ2) is 7.41. The molecule has 0 spiro atoms. The van der Waals surface area contributed by atoms with Gasteiger partial charge in [0, 0.05) is 18.4 Å². The largest absolute Gasteiger partial charge is 0.508 e. The number of alkyl halides is 6. The van der Waals surface area contributed by atoms with Crippen LogP contribution in [0.15, 0.2) is 42.5 Å². The predicted molar refractivity (Wildman–Crippen MR) is 86.6 cm³/mol. The number of nitrogens with zero attached hydrogens (tertiary/aromatic N) is 1. The summed E-state index contributed by atoms with van der Waals surface area (Å²) in [7, 11) is 1.17. The molecule has 0 radical (unpaired) electrons. The summed E-state index contributed by atoms with van der Waals surface area (Å²) in [6.45, 7) is 0. The van der Waals surface area contributed by atoms with Crippen molar-refractivity contribution in [3.8, 4) is 5.75 Å². The average Bonchev–Trinajstić information content (AvgIpc) is 2.59. The molecule has 0 aliphatic rings. The topological polar surface area (TPSA) is 69.6 Å². The van der Waals surface area contributed by atoms with Gasteiger partial charge in [0.15, 0.2) is 0 Å². The molecule has 11 heteroatoms. The first-order chi connectivity index (χ1) is 12.8. The summed E-state index contributed by atoms with van der Waals surface area (Å²) in [5.41, 5.74) is -3.92. The van der Waals surface area contributed by atoms with Gasteiger partial charge in [-0.3, -0.25) is 9.59 Å². The Labute approximate surface area is 154 Å². The summed E-state index contributed by atoms with van der Waals surface area (Å²) in [6.07, 6.45) is -10.2. The Kier molecular flexibility index (Phi) is 5.57. The standard InChI is InChI=1S/C17H12F6N2O3/c1-25(12-2-4-13(26)5-3-12)15(28)14(27)24-11-7-9(16(18,19)20)6-10(8-11)17(21,22)23/h2-8,26H,1H3,(H,24,27). The molecule has 150 valence electrons. The Bertz CT molecular complexity index is 859. The molecule has 2 rings (SSSR count). The van der Waals surface area contributed by atoms with E-state index in [1.807, 2.05) is 0 Å². The summed E-state index contributed by atoms with van der Waals surface area (Å²) < 4.78 is 77.0. The number of benzene rings is 2. The number of likely N-dealkylation sites (N-methyl/N-ethyl adjacent to an activating group) is 1. The van der Waals surface area contributed by atoms with Gasteiger partial charge in [-0.2, -0.15) is 26.3 Å². The second-order valence-corrected chi connectivity index (χ2v) is 5.63. The Morgan fingerprint density at radius 2 is 1.36 bits per heavy atom. The average molecular weight is 406 g/mol. The molecule has 2 amide bonds. The number of rotatable bonds is 2. The minimum Gasteiger partial charge on any atom is -0.508 e. The SMILES string of the molecule is CN(C(=O)C(=O)Nc1cc(C(F)(F)F)cc(C(F)(F)F)c1)c1ccc(O)cc1. The molecular weight excluding hydrogens is 394 g/mol. The molecule has 2 aromatic rings. The molecule has 0 fully saturated rings. The molecule has 0 heterocycles. The zero-order valence-corrected chi connectivity index (χ0v) is 14.0. The Morgan fingerprint density at radius 3 is 1.79 bits per heavy atom. The van der Waals surface area contributed by atoms with Crippen LogP contribution in [-0.4, -0.2) is 24.0 Å². The molecule has 2 N–H and O–H groups in total. The van der Waals surface area contributed by atoms with Gasteiger partial charge in [-0.15, -0.1) is 0 Å². The lowest BCUT2D eigenvalue weighted by molar-refractivity contribution is -0.143. The van der Waals surface area contributed by atoms with E-state index in [1.54, 1.807) is 5.32 Å². The minimum absolute atomic E-state index is 0.0972. The Hall–Kier alpha value is -3.24. The van der Waals surface area contributed by atoms with E-state index in [-0.39, 0.29) is 17.5 Å². The highest BCUT2D eigenvalue weighted by Gasteiger charge is 2.37. The van der Waals surface area contributed by atoms with Crippen molar-refractivity contribution in [2.75, 3.05) is 17.3 Å².